The summed E-state index contributed by atoms with van der Waals surface area (Å²) in [6, 6.07) is 9.13. The first-order valence-corrected chi connectivity index (χ1v) is 7.71. The quantitative estimate of drug-likeness (QED) is 0.616. The number of rotatable bonds is 5. The third-order valence-electron chi connectivity index (χ3n) is 3.33. The van der Waals surface area contributed by atoms with E-state index in [1.54, 1.807) is 32.0 Å². The molecule has 0 aliphatic carbocycles. The number of carbonyl (C=O) groups excluding carboxylic acids is 1. The minimum atomic E-state index is -0.859. The second kappa shape index (κ2) is 7.51. The molecule has 0 unspecified atom stereocenters. The van der Waals surface area contributed by atoms with Gasteiger partial charge in [0, 0.05) is 11.1 Å². The Morgan fingerprint density at radius 2 is 2.00 bits per heavy atom. The molecule has 0 heterocycles. The van der Waals surface area contributed by atoms with Gasteiger partial charge in [0.15, 0.2) is 6.10 Å². The molecule has 0 spiro atoms. The number of benzene rings is 2. The fourth-order valence-corrected chi connectivity index (χ4v) is 2.46. The summed E-state index contributed by atoms with van der Waals surface area (Å²) in [6.07, 6.45) is -0.859. The zero-order valence-corrected chi connectivity index (χ0v) is 14.4. The van der Waals surface area contributed by atoms with Gasteiger partial charge in [0.2, 0.25) is 0 Å². The van der Waals surface area contributed by atoms with E-state index in [0.717, 1.165) is 0 Å². The molecule has 0 aliphatic rings. The Balaban J connectivity index is 2.12. The van der Waals surface area contributed by atoms with E-state index in [1.165, 1.54) is 18.2 Å². The van der Waals surface area contributed by atoms with E-state index in [4.69, 9.17) is 27.9 Å². The van der Waals surface area contributed by atoms with E-state index in [0.29, 0.717) is 22.0 Å². The normalized spacial score (nSPS) is 11.7. The van der Waals surface area contributed by atoms with Gasteiger partial charge in [-0.1, -0.05) is 29.3 Å². The van der Waals surface area contributed by atoms with Gasteiger partial charge in [0.1, 0.15) is 5.75 Å². The van der Waals surface area contributed by atoms with Crippen molar-refractivity contribution in [3.05, 3.63) is 62.1 Å². The molecule has 0 saturated carbocycles. The maximum atomic E-state index is 12.3. The summed E-state index contributed by atoms with van der Waals surface area (Å²) in [4.78, 5) is 22.7. The van der Waals surface area contributed by atoms with Gasteiger partial charge in [-0.15, -0.1) is 0 Å². The third kappa shape index (κ3) is 4.15. The first-order chi connectivity index (χ1) is 11.3. The number of carbonyl (C=O) groups is 1. The number of hydrogen-bond donors (Lipinski definition) is 1. The molecule has 0 aromatic heterocycles. The molecule has 126 valence electrons. The summed E-state index contributed by atoms with van der Waals surface area (Å²) >= 11 is 11.8. The van der Waals surface area contributed by atoms with Crippen LogP contribution >= 0.6 is 23.2 Å². The number of nitrogens with one attached hydrogen (secondary N) is 1. The molecule has 1 N–H and O–H groups in total. The molecule has 24 heavy (non-hydrogen) atoms. The van der Waals surface area contributed by atoms with Crippen LogP contribution in [-0.4, -0.2) is 16.9 Å². The van der Waals surface area contributed by atoms with Gasteiger partial charge in [0.25, 0.3) is 11.6 Å². The number of nitro benzene ring substituents is 1. The van der Waals surface area contributed by atoms with Crippen molar-refractivity contribution in [1.29, 1.82) is 0 Å². The van der Waals surface area contributed by atoms with Crippen LogP contribution in [0, 0.1) is 17.0 Å². The van der Waals surface area contributed by atoms with Crippen LogP contribution in [0.25, 0.3) is 0 Å². The van der Waals surface area contributed by atoms with Gasteiger partial charge in [-0.25, -0.2) is 0 Å². The minimum absolute atomic E-state index is 0.0675. The highest BCUT2D eigenvalue weighted by Crippen LogP contribution is 2.29. The van der Waals surface area contributed by atoms with Gasteiger partial charge in [-0.05, 0) is 38.1 Å². The zero-order chi connectivity index (χ0) is 17.9. The molecule has 2 rings (SSSR count). The van der Waals surface area contributed by atoms with Gasteiger partial charge in [-0.2, -0.15) is 0 Å². The molecule has 0 aliphatic heterocycles. The van der Waals surface area contributed by atoms with Crippen molar-refractivity contribution in [2.24, 2.45) is 0 Å². The van der Waals surface area contributed by atoms with Crippen molar-refractivity contribution < 1.29 is 14.5 Å². The highest BCUT2D eigenvalue weighted by molar-refractivity contribution is 6.35. The summed E-state index contributed by atoms with van der Waals surface area (Å²) < 4.78 is 5.52. The molecule has 0 bridgehead atoms. The fourth-order valence-electron chi connectivity index (χ4n) is 2.01. The van der Waals surface area contributed by atoms with E-state index >= 15 is 0 Å². The average molecular weight is 369 g/mol. The van der Waals surface area contributed by atoms with Crippen LogP contribution in [0.2, 0.25) is 10.0 Å². The zero-order valence-electron chi connectivity index (χ0n) is 12.9. The van der Waals surface area contributed by atoms with E-state index < -0.39 is 16.9 Å². The van der Waals surface area contributed by atoms with Crippen molar-refractivity contribution >= 4 is 40.5 Å². The first-order valence-electron chi connectivity index (χ1n) is 6.96. The monoisotopic (exact) mass is 368 g/mol. The first kappa shape index (κ1) is 18.0. The number of amides is 1. The Morgan fingerprint density at radius 3 is 2.62 bits per heavy atom. The fraction of sp³-hybridized carbons (Fsp3) is 0.188. The maximum Gasteiger partial charge on any atom is 0.274 e. The van der Waals surface area contributed by atoms with Crippen LogP contribution in [0.15, 0.2) is 36.4 Å². The predicted molar refractivity (Wildman–Crippen MR) is 93.0 cm³/mol. The largest absolute Gasteiger partial charge is 0.479 e. The number of ether oxygens (including phenoxy) is 1. The van der Waals surface area contributed by atoms with E-state index in [1.807, 2.05) is 0 Å². The highest BCUT2D eigenvalue weighted by atomic mass is 35.5. The summed E-state index contributed by atoms with van der Waals surface area (Å²) in [6.45, 7) is 3.11. The molecule has 0 fully saturated rings. The number of halogens is 2. The number of anilines is 1. The van der Waals surface area contributed by atoms with E-state index in [-0.39, 0.29) is 10.7 Å². The highest BCUT2D eigenvalue weighted by Gasteiger charge is 2.20. The Hall–Kier alpha value is -2.31. The van der Waals surface area contributed by atoms with Gasteiger partial charge >= 0.3 is 0 Å². The molecule has 0 radical (unpaired) electrons. The minimum Gasteiger partial charge on any atom is -0.479 e. The van der Waals surface area contributed by atoms with E-state index in [9.17, 15) is 14.9 Å². The Bertz CT molecular complexity index is 796. The van der Waals surface area contributed by atoms with Crippen molar-refractivity contribution in [3.8, 4) is 5.75 Å². The molecule has 0 saturated heterocycles. The van der Waals surface area contributed by atoms with Gasteiger partial charge < -0.3 is 10.1 Å². The van der Waals surface area contributed by atoms with Crippen LogP contribution in [-0.2, 0) is 4.79 Å². The second-order valence-electron chi connectivity index (χ2n) is 5.03. The van der Waals surface area contributed by atoms with Crippen LogP contribution < -0.4 is 10.1 Å². The molecule has 2 aromatic rings. The number of nitrogens with zero attached hydrogens (tertiary/aromatic N) is 1. The topological polar surface area (TPSA) is 81.5 Å². The molecule has 1 atom stereocenters. The van der Waals surface area contributed by atoms with Crippen molar-refractivity contribution in [2.75, 3.05) is 5.32 Å². The number of hydrogen-bond acceptors (Lipinski definition) is 4. The molecule has 2 aromatic carbocycles. The smallest absolute Gasteiger partial charge is 0.274 e. The summed E-state index contributed by atoms with van der Waals surface area (Å²) in [7, 11) is 0. The molecule has 8 heteroatoms. The van der Waals surface area contributed by atoms with Crippen LogP contribution in [0.3, 0.4) is 0 Å². The standard InChI is InChI=1S/C16H14Cl2N2O4/c1-9-13(4-3-5-14(9)20(22)23)19-16(21)10(2)24-15-7-6-11(17)8-12(15)18/h3-8,10H,1-2H3,(H,19,21)/t10-/m0/s1. The predicted octanol–water partition coefficient (Wildman–Crippen LogP) is 4.62. The van der Waals surface area contributed by atoms with Gasteiger partial charge in [-0.3, -0.25) is 14.9 Å². The summed E-state index contributed by atoms with van der Waals surface area (Å²) in [5, 5.41) is 14.3. The SMILES string of the molecule is Cc1c(NC(=O)[C@H](C)Oc2ccc(Cl)cc2Cl)cccc1[N+](=O)[O-]. The van der Waals surface area contributed by atoms with Gasteiger partial charge in [0.05, 0.1) is 21.2 Å². The van der Waals surface area contributed by atoms with Crippen molar-refractivity contribution in [1.82, 2.24) is 0 Å². The Kier molecular flexibility index (Phi) is 5.64. The third-order valence-corrected chi connectivity index (χ3v) is 3.86. The van der Waals surface area contributed by atoms with Crippen molar-refractivity contribution in [3.63, 3.8) is 0 Å². The summed E-state index contributed by atoms with van der Waals surface area (Å²) in [5.41, 5.74) is 0.654. The Labute approximate surface area is 148 Å². The summed E-state index contributed by atoms with van der Waals surface area (Å²) in [5.74, 6) is -0.135. The Morgan fingerprint density at radius 1 is 1.29 bits per heavy atom. The second-order valence-corrected chi connectivity index (χ2v) is 5.87. The lowest BCUT2D eigenvalue weighted by Gasteiger charge is -2.16. The van der Waals surface area contributed by atoms with Crippen LogP contribution in [0.4, 0.5) is 11.4 Å². The molecule has 1 amide bonds. The van der Waals surface area contributed by atoms with E-state index in [2.05, 4.69) is 5.32 Å². The maximum absolute atomic E-state index is 12.3. The molecular weight excluding hydrogens is 355 g/mol. The average Bonchev–Trinajstić information content (AvgIpc) is 2.51. The lowest BCUT2D eigenvalue weighted by Crippen LogP contribution is -2.30. The molecular formula is C16H14Cl2N2O4. The lowest BCUT2D eigenvalue weighted by molar-refractivity contribution is -0.385. The lowest BCUT2D eigenvalue weighted by atomic mass is 10.1. The van der Waals surface area contributed by atoms with Crippen molar-refractivity contribution in [2.45, 2.75) is 20.0 Å². The molecule has 6 nitrogen and oxygen atoms in total. The number of nitro groups is 1. The van der Waals surface area contributed by atoms with Crippen LogP contribution in [0.1, 0.15) is 12.5 Å². The van der Waals surface area contributed by atoms with Crippen LogP contribution in [0.5, 0.6) is 5.75 Å².